The van der Waals surface area contributed by atoms with E-state index in [0.29, 0.717) is 102 Å². The number of nitrogens with zero attached hydrogens (tertiary/aromatic N) is 4. The summed E-state index contributed by atoms with van der Waals surface area (Å²) in [6.45, 7) is 11.2. The molecule has 5 heterocycles. The van der Waals surface area contributed by atoms with E-state index in [9.17, 15) is 39.6 Å². The molecule has 7 atom stereocenters. The van der Waals surface area contributed by atoms with Crippen molar-refractivity contribution in [2.24, 2.45) is 15.4 Å². The molecule has 0 aromatic heterocycles. The highest BCUT2D eigenvalue weighted by molar-refractivity contribution is 6.06. The molecule has 5 aliphatic heterocycles. The number of hydrogen-bond donors (Lipinski definition) is 5. The van der Waals surface area contributed by atoms with E-state index in [0.717, 1.165) is 28.0 Å². The number of ether oxygens (including phenoxy) is 11. The molecular weight excluding hydrogens is 1190 g/mol. The molecule has 5 aromatic carbocycles. The number of hydrogen-bond acceptors (Lipinski definition) is 20. The van der Waals surface area contributed by atoms with Gasteiger partial charge in [0.25, 0.3) is 11.8 Å². The number of methoxy groups -OCH3 is 3. The average molecular weight is 1270 g/mol. The maximum atomic E-state index is 14.2. The van der Waals surface area contributed by atoms with Gasteiger partial charge in [-0.2, -0.15) is 0 Å². The first-order valence-electron chi connectivity index (χ1n) is 30.2. The van der Waals surface area contributed by atoms with E-state index in [1.165, 1.54) is 26.4 Å². The average Bonchev–Trinajstić information content (AvgIpc) is 1.61. The van der Waals surface area contributed by atoms with E-state index in [4.69, 9.17) is 62.1 Å². The van der Waals surface area contributed by atoms with Crippen LogP contribution in [-0.4, -0.2) is 176 Å². The van der Waals surface area contributed by atoms with E-state index in [2.05, 4.69) is 5.32 Å². The van der Waals surface area contributed by atoms with Crippen molar-refractivity contribution in [2.75, 3.05) is 61.0 Å². The van der Waals surface area contributed by atoms with Gasteiger partial charge in [0.15, 0.2) is 29.1 Å². The molecule has 0 radical (unpaired) electrons. The third-order valence-electron chi connectivity index (χ3n) is 16.1. The fourth-order valence-corrected chi connectivity index (χ4v) is 11.0. The summed E-state index contributed by atoms with van der Waals surface area (Å²) in [7, 11) is 4.67. The molecule has 24 heteroatoms. The van der Waals surface area contributed by atoms with Crippen molar-refractivity contribution < 1.29 is 91.7 Å². The zero-order valence-corrected chi connectivity index (χ0v) is 52.5. The van der Waals surface area contributed by atoms with Crippen molar-refractivity contribution in [1.82, 2.24) is 15.1 Å². The van der Waals surface area contributed by atoms with Gasteiger partial charge in [0.1, 0.15) is 47.9 Å². The summed E-state index contributed by atoms with van der Waals surface area (Å²) in [5.74, 6) is 1.53. The molecule has 0 spiro atoms. The number of aliphatic hydroxyl groups excluding tert-OH is 3. The Kier molecular flexibility index (Phi) is 20.4. The molecule has 0 bridgehead atoms. The number of nitrogens with one attached hydrogen (secondary N) is 1. The largest absolute Gasteiger partial charge is 0.497 e. The Morgan fingerprint density at radius 2 is 1.18 bits per heavy atom. The number of fused-ring (bicyclic) bond motifs is 4. The van der Waals surface area contributed by atoms with Gasteiger partial charge < -0.3 is 87.6 Å². The van der Waals surface area contributed by atoms with Crippen molar-refractivity contribution >= 4 is 58.8 Å². The standard InChI is InChI=1S/C68H77N5O19/c1-9-86-53-27-48(91-65-60(76)58(74)59(75)61(92-65)64(79)80)20-15-41(53)36-89-66(81)71-68(4,5)21-24-85-37-67(2,3)38-90-47-18-13-40(14-19-47)43-26-45-33-70-52-31-57(55(84-8)29-50(52)63(78)73(45)35-43)88-23-10-22-87-56-30-51-49(28-54(56)83-7)62(77)72-34-42(25-44(72)32-69-51)39-11-16-46(82-6)17-12-39/h11-20,27-35,44-45,58-61,65,74-76H,9-10,21-26,36-38H2,1-8H3,(H,71,81)(H,79,80)/t44?,45?,58-,59-,60+,61-,65+/m0/s1. The molecule has 488 valence electrons. The van der Waals surface area contributed by atoms with Crippen LogP contribution in [0.25, 0.3) is 11.1 Å². The highest BCUT2D eigenvalue weighted by Crippen LogP contribution is 2.43. The van der Waals surface area contributed by atoms with Crippen LogP contribution in [0.15, 0.2) is 113 Å². The molecule has 3 amide bonds. The zero-order chi connectivity index (χ0) is 65.4. The van der Waals surface area contributed by atoms with E-state index >= 15 is 0 Å². The first-order chi connectivity index (χ1) is 44.1. The van der Waals surface area contributed by atoms with Crippen LogP contribution in [0.5, 0.6) is 46.0 Å². The summed E-state index contributed by atoms with van der Waals surface area (Å²) in [4.78, 5) is 65.5. The third-order valence-corrected chi connectivity index (χ3v) is 16.1. The number of amides is 3. The highest BCUT2D eigenvalue weighted by atomic mass is 16.7. The number of carbonyl (C=O) groups excluding carboxylic acids is 3. The van der Waals surface area contributed by atoms with E-state index in [1.54, 1.807) is 66.6 Å². The van der Waals surface area contributed by atoms with Crippen LogP contribution in [0.2, 0.25) is 0 Å². The molecule has 2 unspecified atom stereocenters. The molecular formula is C68H77N5O19. The van der Waals surface area contributed by atoms with Crippen LogP contribution in [-0.2, 0) is 25.6 Å². The predicted molar refractivity (Wildman–Crippen MR) is 337 cm³/mol. The number of benzene rings is 5. The first-order valence-corrected chi connectivity index (χ1v) is 30.2. The summed E-state index contributed by atoms with van der Waals surface area (Å²) in [6.07, 6.45) is -0.120. The lowest BCUT2D eigenvalue weighted by Gasteiger charge is -2.38. The van der Waals surface area contributed by atoms with Gasteiger partial charge in [-0.3, -0.25) is 19.6 Å². The smallest absolute Gasteiger partial charge is 0.407 e. The van der Waals surface area contributed by atoms with Crippen LogP contribution in [0.1, 0.15) is 97.7 Å². The molecule has 24 nitrogen and oxygen atoms in total. The zero-order valence-electron chi connectivity index (χ0n) is 52.5. The number of aliphatic carboxylic acids is 1. The maximum Gasteiger partial charge on any atom is 0.407 e. The SMILES string of the molecule is CCOc1cc(O[C@@H]2O[C@H](C(=O)O)[C@@H](O)[C@H](O)[C@H]2O)ccc1COC(=O)NC(C)(C)CCOCC(C)(C)COc1ccc(C2=CN3C(=O)c4cc(OC)c(OCCCOc5cc6c(cc5OC)C(=O)N5C=C(c7ccc(OC)cc7)CC5C=N6)cc4N=CC3C2)cc1. The molecule has 1 saturated heterocycles. The molecule has 0 aliphatic carbocycles. The minimum Gasteiger partial charge on any atom is -0.497 e. The Morgan fingerprint density at radius 3 is 1.72 bits per heavy atom. The van der Waals surface area contributed by atoms with Crippen molar-refractivity contribution in [3.05, 3.63) is 131 Å². The fraction of sp³-hybridized carbons (Fsp3) is 0.412. The number of carbonyl (C=O) groups is 4. The van der Waals surface area contributed by atoms with Crippen LogP contribution in [0.4, 0.5) is 16.2 Å². The Balaban J connectivity index is 0.649. The molecule has 1 fully saturated rings. The summed E-state index contributed by atoms with van der Waals surface area (Å²) in [5.41, 5.74) is 5.09. The second-order valence-corrected chi connectivity index (χ2v) is 24.1. The Hall–Kier alpha value is -9.20. The number of aliphatic imine (C=N–C) groups is 2. The molecule has 5 aliphatic rings. The van der Waals surface area contributed by atoms with Crippen LogP contribution in [0, 0.1) is 5.41 Å². The van der Waals surface area contributed by atoms with E-state index < -0.39 is 48.3 Å². The maximum absolute atomic E-state index is 14.2. The van der Waals surface area contributed by atoms with Crippen molar-refractivity contribution in [3.63, 3.8) is 0 Å². The van der Waals surface area contributed by atoms with Gasteiger partial charge in [0.05, 0.1) is 88.9 Å². The number of carboxylic acids is 1. The Labute approximate surface area is 532 Å². The van der Waals surface area contributed by atoms with Crippen LogP contribution in [0.3, 0.4) is 0 Å². The molecule has 5 aromatic rings. The summed E-state index contributed by atoms with van der Waals surface area (Å²) >= 11 is 0. The summed E-state index contributed by atoms with van der Waals surface area (Å²) < 4.78 is 63.5. The lowest BCUT2D eigenvalue weighted by atomic mass is 9.96. The van der Waals surface area contributed by atoms with Crippen LogP contribution >= 0.6 is 0 Å². The van der Waals surface area contributed by atoms with Gasteiger partial charge in [-0.25, -0.2) is 9.59 Å². The fourth-order valence-electron chi connectivity index (χ4n) is 11.0. The minimum absolute atomic E-state index is 0.0979. The van der Waals surface area contributed by atoms with Gasteiger partial charge >= 0.3 is 12.1 Å². The lowest BCUT2D eigenvalue weighted by molar-refractivity contribution is -0.271. The Bertz CT molecular complexity index is 3640. The van der Waals surface area contributed by atoms with Crippen LogP contribution < -0.4 is 43.2 Å². The monoisotopic (exact) mass is 1270 g/mol. The highest BCUT2D eigenvalue weighted by Gasteiger charge is 2.48. The lowest BCUT2D eigenvalue weighted by Crippen LogP contribution is -2.61. The van der Waals surface area contributed by atoms with Gasteiger partial charge in [-0.05, 0) is 98.0 Å². The van der Waals surface area contributed by atoms with Gasteiger partial charge in [0.2, 0.25) is 6.29 Å². The number of rotatable bonds is 27. The number of aliphatic hydroxyl groups is 3. The minimum atomic E-state index is -1.87. The summed E-state index contributed by atoms with van der Waals surface area (Å²) in [5, 5.41) is 42.8. The van der Waals surface area contributed by atoms with Crippen molar-refractivity contribution in [2.45, 2.75) is 115 Å². The first kappa shape index (κ1) is 65.7. The molecule has 92 heavy (non-hydrogen) atoms. The number of alkyl carbamates (subject to hydrolysis) is 1. The van der Waals surface area contributed by atoms with E-state index in [1.807, 2.05) is 88.6 Å². The van der Waals surface area contributed by atoms with Crippen molar-refractivity contribution in [1.29, 1.82) is 0 Å². The number of carboxylic acid groups (broad SMARTS) is 1. The molecule has 5 N–H and O–H groups in total. The van der Waals surface area contributed by atoms with Gasteiger partial charge in [-0.1, -0.05) is 38.1 Å². The topological polar surface area (TPSA) is 294 Å². The summed E-state index contributed by atoms with van der Waals surface area (Å²) in [6, 6.07) is 26.2. The van der Waals surface area contributed by atoms with Crippen molar-refractivity contribution in [3.8, 4) is 46.0 Å². The normalized spacial score (nSPS) is 20.7. The van der Waals surface area contributed by atoms with E-state index in [-0.39, 0.29) is 67.2 Å². The predicted octanol–water partition coefficient (Wildman–Crippen LogP) is 8.69. The quantitative estimate of drug-likeness (QED) is 0.0307. The Morgan fingerprint density at radius 1 is 0.630 bits per heavy atom. The second kappa shape index (κ2) is 28.5. The molecule has 0 saturated carbocycles. The second-order valence-electron chi connectivity index (χ2n) is 24.1. The van der Waals surface area contributed by atoms with Gasteiger partial charge in [0, 0.05) is 85.4 Å². The third kappa shape index (κ3) is 15.2. The molecule has 10 rings (SSSR count). The van der Waals surface area contributed by atoms with Gasteiger partial charge in [-0.15, -0.1) is 0 Å².